The smallest absolute Gasteiger partial charge is 0.407 e. The van der Waals surface area contributed by atoms with E-state index >= 15 is 0 Å². The lowest BCUT2D eigenvalue weighted by Crippen LogP contribution is -2.46. The van der Waals surface area contributed by atoms with E-state index in [4.69, 9.17) is 16.3 Å². The van der Waals surface area contributed by atoms with Gasteiger partial charge in [-0.3, -0.25) is 9.59 Å². The van der Waals surface area contributed by atoms with Crippen molar-refractivity contribution in [1.29, 1.82) is 0 Å². The number of benzene rings is 2. The van der Waals surface area contributed by atoms with Crippen molar-refractivity contribution < 1.29 is 28.6 Å². The number of fused-ring (bicyclic) bond motifs is 1. The van der Waals surface area contributed by atoms with Gasteiger partial charge in [0.25, 0.3) is 11.7 Å². The number of hydrogen-bond acceptors (Lipinski definition) is 5. The number of rotatable bonds is 4. The monoisotopic (exact) mass is 433 g/mol. The van der Waals surface area contributed by atoms with E-state index in [2.05, 4.69) is 10.6 Å². The Hall–Kier alpha value is -3.17. The summed E-state index contributed by atoms with van der Waals surface area (Å²) in [5.74, 6) is -3.80. The van der Waals surface area contributed by atoms with Gasteiger partial charge in [0.15, 0.2) is 0 Å². The van der Waals surface area contributed by atoms with Gasteiger partial charge in [-0.1, -0.05) is 11.6 Å². The number of alkyl carbamates (subject to hydrolysis) is 1. The number of carbonyl (C=O) groups excluding carboxylic acids is 3. The molecule has 2 aliphatic heterocycles. The fourth-order valence-corrected chi connectivity index (χ4v) is 3.73. The van der Waals surface area contributed by atoms with Gasteiger partial charge < -0.3 is 25.4 Å². The van der Waals surface area contributed by atoms with Gasteiger partial charge >= 0.3 is 6.09 Å². The van der Waals surface area contributed by atoms with Crippen molar-refractivity contribution >= 4 is 40.9 Å². The molecule has 3 N–H and O–H groups in total. The van der Waals surface area contributed by atoms with Crippen molar-refractivity contribution in [2.75, 3.05) is 16.8 Å². The van der Waals surface area contributed by atoms with Crippen LogP contribution in [0.5, 0.6) is 0 Å². The summed E-state index contributed by atoms with van der Waals surface area (Å²) < 4.78 is 18.3. The number of nitrogens with zero attached hydrogens (tertiary/aromatic N) is 1. The van der Waals surface area contributed by atoms with Crippen molar-refractivity contribution in [1.82, 2.24) is 5.32 Å². The predicted octanol–water partition coefficient (Wildman–Crippen LogP) is 2.33. The van der Waals surface area contributed by atoms with E-state index in [1.807, 2.05) is 0 Å². The van der Waals surface area contributed by atoms with E-state index in [0.29, 0.717) is 16.9 Å². The average molecular weight is 434 g/mol. The maximum absolute atomic E-state index is 13.4. The van der Waals surface area contributed by atoms with E-state index in [1.165, 1.54) is 17.0 Å². The number of carbonyl (C=O) groups is 3. The molecule has 0 aliphatic carbocycles. The molecule has 1 saturated heterocycles. The predicted molar refractivity (Wildman–Crippen MR) is 105 cm³/mol. The molecule has 10 heteroatoms. The lowest BCUT2D eigenvalue weighted by atomic mass is 10.1. The van der Waals surface area contributed by atoms with Crippen molar-refractivity contribution in [3.63, 3.8) is 0 Å². The van der Waals surface area contributed by atoms with Crippen LogP contribution in [0.2, 0.25) is 5.02 Å². The molecule has 30 heavy (non-hydrogen) atoms. The molecule has 2 heterocycles. The third-order valence-electron chi connectivity index (χ3n) is 4.90. The van der Waals surface area contributed by atoms with Crippen LogP contribution in [0.4, 0.5) is 20.6 Å². The molecule has 4 rings (SSSR count). The number of hydrogen-bond donors (Lipinski definition) is 3. The van der Waals surface area contributed by atoms with E-state index in [9.17, 15) is 23.9 Å². The summed E-state index contributed by atoms with van der Waals surface area (Å²) in [5.41, 5.74) is 2.31. The SMILES string of the molecule is O=C1Cc2cc(N3CCC(O)(OC(=O)NCc4cc(F)cc(Cl)c4)C3=O)ccc2N1. The standard InChI is InChI=1S/C20H17ClFN3O5/c21-13-5-11(6-14(22)9-13)10-23-19(28)30-20(29)3-4-25(18(20)27)15-1-2-16-12(7-15)8-17(26)24-16/h1-2,5-7,9,29H,3-4,8,10H2,(H,23,28)(H,24,26). The van der Waals surface area contributed by atoms with Crippen LogP contribution >= 0.6 is 11.6 Å². The quantitative estimate of drug-likeness (QED) is 0.641. The molecule has 0 aromatic heterocycles. The second-order valence-electron chi connectivity index (χ2n) is 7.08. The van der Waals surface area contributed by atoms with Crippen LogP contribution in [0.15, 0.2) is 36.4 Å². The van der Waals surface area contributed by atoms with Gasteiger partial charge in [0.1, 0.15) is 5.82 Å². The summed E-state index contributed by atoms with van der Waals surface area (Å²) in [7, 11) is 0. The molecule has 8 nitrogen and oxygen atoms in total. The molecule has 1 atom stereocenters. The Morgan fingerprint density at radius 3 is 2.87 bits per heavy atom. The highest BCUT2D eigenvalue weighted by Gasteiger charge is 2.49. The third-order valence-corrected chi connectivity index (χ3v) is 5.12. The second-order valence-corrected chi connectivity index (χ2v) is 7.51. The highest BCUT2D eigenvalue weighted by Crippen LogP contribution is 2.33. The first-order valence-corrected chi connectivity index (χ1v) is 9.50. The second kappa shape index (κ2) is 7.58. The highest BCUT2D eigenvalue weighted by molar-refractivity contribution is 6.30. The van der Waals surface area contributed by atoms with Crippen LogP contribution in [0.3, 0.4) is 0 Å². The Balaban J connectivity index is 1.40. The summed E-state index contributed by atoms with van der Waals surface area (Å²) in [5, 5.41) is 15.8. The Morgan fingerprint density at radius 2 is 2.10 bits per heavy atom. The van der Waals surface area contributed by atoms with Gasteiger partial charge in [-0.25, -0.2) is 9.18 Å². The summed E-state index contributed by atoms with van der Waals surface area (Å²) in [6.07, 6.45) is -0.950. The van der Waals surface area contributed by atoms with E-state index < -0.39 is 23.6 Å². The topological polar surface area (TPSA) is 108 Å². The minimum absolute atomic E-state index is 0.101. The van der Waals surface area contributed by atoms with Crippen molar-refractivity contribution in [3.05, 3.63) is 58.4 Å². The molecule has 0 spiro atoms. The first-order chi connectivity index (χ1) is 14.2. The van der Waals surface area contributed by atoms with Gasteiger partial charge in [0, 0.05) is 35.9 Å². The molecule has 2 aliphatic rings. The molecule has 0 saturated carbocycles. The molecule has 0 radical (unpaired) electrons. The molecule has 2 aromatic carbocycles. The maximum Gasteiger partial charge on any atom is 0.410 e. The van der Waals surface area contributed by atoms with Crippen LogP contribution in [0, 0.1) is 5.82 Å². The van der Waals surface area contributed by atoms with Crippen molar-refractivity contribution in [3.8, 4) is 0 Å². The zero-order valence-corrected chi connectivity index (χ0v) is 16.3. The fraction of sp³-hybridized carbons (Fsp3) is 0.250. The van der Waals surface area contributed by atoms with Crippen LogP contribution in [0.1, 0.15) is 17.5 Å². The lowest BCUT2D eigenvalue weighted by Gasteiger charge is -2.22. The molecule has 3 amide bonds. The van der Waals surface area contributed by atoms with Gasteiger partial charge in [-0.05, 0) is 47.5 Å². The Kier molecular flexibility index (Phi) is 5.08. The minimum atomic E-state index is -2.32. The number of anilines is 2. The summed E-state index contributed by atoms with van der Waals surface area (Å²) in [4.78, 5) is 37.6. The third kappa shape index (κ3) is 3.94. The Morgan fingerprint density at radius 1 is 1.30 bits per heavy atom. The largest absolute Gasteiger partial charge is 0.410 e. The number of aliphatic hydroxyl groups is 1. The number of halogens is 2. The normalized spacial score (nSPS) is 20.2. The fourth-order valence-electron chi connectivity index (χ4n) is 3.48. The summed E-state index contributed by atoms with van der Waals surface area (Å²) >= 11 is 5.76. The van der Waals surface area contributed by atoms with Crippen LogP contribution in [-0.4, -0.2) is 35.3 Å². The first kappa shape index (κ1) is 20.1. The first-order valence-electron chi connectivity index (χ1n) is 9.12. The molecular weight excluding hydrogens is 417 g/mol. The number of nitrogens with one attached hydrogen (secondary N) is 2. The van der Waals surface area contributed by atoms with Gasteiger partial charge in [0.2, 0.25) is 5.91 Å². The zero-order valence-electron chi connectivity index (χ0n) is 15.6. The maximum atomic E-state index is 13.4. The average Bonchev–Trinajstić information content (AvgIpc) is 3.18. The van der Waals surface area contributed by atoms with E-state index in [-0.39, 0.29) is 36.9 Å². The van der Waals surface area contributed by atoms with Gasteiger partial charge in [-0.15, -0.1) is 0 Å². The summed E-state index contributed by atoms with van der Waals surface area (Å²) in [6.45, 7) is 0.0262. The summed E-state index contributed by atoms with van der Waals surface area (Å²) in [6, 6.07) is 8.79. The van der Waals surface area contributed by atoms with Crippen molar-refractivity contribution in [2.45, 2.75) is 25.2 Å². The molecular formula is C20H17ClFN3O5. The molecule has 1 unspecified atom stereocenters. The minimum Gasteiger partial charge on any atom is -0.407 e. The van der Waals surface area contributed by atoms with Crippen LogP contribution in [-0.2, 0) is 27.3 Å². The lowest BCUT2D eigenvalue weighted by molar-refractivity contribution is -0.175. The Bertz CT molecular complexity index is 1040. The van der Waals surface area contributed by atoms with Gasteiger partial charge in [-0.2, -0.15) is 0 Å². The number of amides is 3. The van der Waals surface area contributed by atoms with Gasteiger partial charge in [0.05, 0.1) is 6.42 Å². The molecule has 1 fully saturated rings. The number of ether oxygens (including phenoxy) is 1. The molecule has 0 bridgehead atoms. The van der Waals surface area contributed by atoms with Crippen LogP contribution in [0.25, 0.3) is 0 Å². The molecule has 156 valence electrons. The molecule has 2 aromatic rings. The highest BCUT2D eigenvalue weighted by atomic mass is 35.5. The van der Waals surface area contributed by atoms with E-state index in [0.717, 1.165) is 11.6 Å². The Labute approximate surface area is 175 Å². The van der Waals surface area contributed by atoms with E-state index in [1.54, 1.807) is 18.2 Å². The zero-order chi connectivity index (χ0) is 21.5. The van der Waals surface area contributed by atoms with Crippen LogP contribution < -0.4 is 15.5 Å². The van der Waals surface area contributed by atoms with Crippen molar-refractivity contribution in [2.24, 2.45) is 0 Å².